The summed E-state index contributed by atoms with van der Waals surface area (Å²) in [6.45, 7) is 6.09. The van der Waals surface area contributed by atoms with Crippen molar-refractivity contribution in [3.05, 3.63) is 29.6 Å². The molecule has 1 unspecified atom stereocenters. The van der Waals surface area contributed by atoms with Crippen LogP contribution in [0.4, 0.5) is 0 Å². The first-order valence-electron chi connectivity index (χ1n) is 6.35. The van der Waals surface area contributed by atoms with Crippen molar-refractivity contribution in [1.29, 1.82) is 0 Å². The fraction of sp³-hybridized carbons (Fsp3) is 0.500. The van der Waals surface area contributed by atoms with Crippen LogP contribution in [0.5, 0.6) is 0 Å². The maximum Gasteiger partial charge on any atom is 0.354 e. The molecule has 3 N–H and O–H groups in total. The summed E-state index contributed by atoms with van der Waals surface area (Å²) in [5.74, 6) is -1.69. The minimum atomic E-state index is -1.19. The smallest absolute Gasteiger partial charge is 0.354 e. The van der Waals surface area contributed by atoms with Crippen molar-refractivity contribution < 1.29 is 19.8 Å². The average Bonchev–Trinajstić information content (AvgIpc) is 2.34. The van der Waals surface area contributed by atoms with Gasteiger partial charge in [0.2, 0.25) is 0 Å². The molecule has 1 amide bonds. The van der Waals surface area contributed by atoms with E-state index in [0.29, 0.717) is 6.42 Å². The van der Waals surface area contributed by atoms with Gasteiger partial charge in [-0.15, -0.1) is 0 Å². The minimum Gasteiger partial charge on any atom is -0.477 e. The highest BCUT2D eigenvalue weighted by molar-refractivity contribution is 5.94. The van der Waals surface area contributed by atoms with E-state index in [-0.39, 0.29) is 23.3 Å². The van der Waals surface area contributed by atoms with Gasteiger partial charge in [0.05, 0.1) is 6.10 Å². The van der Waals surface area contributed by atoms with Crippen LogP contribution in [0.1, 0.15) is 48.2 Å². The van der Waals surface area contributed by atoms with Crippen molar-refractivity contribution >= 4 is 11.9 Å². The second-order valence-electron chi connectivity index (χ2n) is 5.84. The van der Waals surface area contributed by atoms with Crippen LogP contribution in [0.25, 0.3) is 0 Å². The fourth-order valence-corrected chi connectivity index (χ4v) is 1.76. The number of carboxylic acid groups (broad SMARTS) is 1. The average molecular weight is 280 g/mol. The lowest BCUT2D eigenvalue weighted by Crippen LogP contribution is -2.34. The van der Waals surface area contributed by atoms with Crippen LogP contribution in [0, 0.1) is 5.41 Å². The molecule has 0 aliphatic carbocycles. The number of hydrogen-bond donors (Lipinski definition) is 3. The normalized spacial score (nSPS) is 12.8. The molecule has 6 heteroatoms. The number of amides is 1. The maximum atomic E-state index is 11.8. The Morgan fingerprint density at radius 1 is 1.30 bits per heavy atom. The summed E-state index contributed by atoms with van der Waals surface area (Å²) in [5, 5.41) is 21.1. The molecule has 1 aromatic rings. The molecule has 0 radical (unpaired) electrons. The van der Waals surface area contributed by atoms with E-state index in [2.05, 4.69) is 10.3 Å². The quantitative estimate of drug-likeness (QED) is 0.755. The monoisotopic (exact) mass is 280 g/mol. The molecule has 1 aromatic heterocycles. The van der Waals surface area contributed by atoms with Crippen molar-refractivity contribution in [1.82, 2.24) is 10.3 Å². The molecule has 0 bridgehead atoms. The number of pyridine rings is 1. The van der Waals surface area contributed by atoms with E-state index in [9.17, 15) is 14.7 Å². The van der Waals surface area contributed by atoms with Crippen molar-refractivity contribution in [3.63, 3.8) is 0 Å². The predicted molar refractivity (Wildman–Crippen MR) is 73.6 cm³/mol. The lowest BCUT2D eigenvalue weighted by Gasteiger charge is -2.22. The summed E-state index contributed by atoms with van der Waals surface area (Å²) < 4.78 is 0. The molecule has 1 atom stereocenters. The largest absolute Gasteiger partial charge is 0.477 e. The lowest BCUT2D eigenvalue weighted by atomic mass is 9.89. The van der Waals surface area contributed by atoms with Crippen LogP contribution in [0.15, 0.2) is 18.2 Å². The first-order chi connectivity index (χ1) is 9.19. The number of carbonyl (C=O) groups is 2. The fourth-order valence-electron chi connectivity index (χ4n) is 1.76. The van der Waals surface area contributed by atoms with E-state index in [1.54, 1.807) is 0 Å². The number of carboxylic acids is 1. The van der Waals surface area contributed by atoms with Crippen LogP contribution in [-0.4, -0.2) is 39.7 Å². The van der Waals surface area contributed by atoms with Crippen molar-refractivity contribution in [2.45, 2.75) is 33.3 Å². The van der Waals surface area contributed by atoms with Gasteiger partial charge in [0.1, 0.15) is 11.4 Å². The van der Waals surface area contributed by atoms with Crippen molar-refractivity contribution in [2.24, 2.45) is 5.41 Å². The van der Waals surface area contributed by atoms with Gasteiger partial charge < -0.3 is 15.5 Å². The molecule has 0 saturated heterocycles. The predicted octanol–water partition coefficient (Wildman–Crippen LogP) is 1.31. The van der Waals surface area contributed by atoms with Gasteiger partial charge in [-0.05, 0) is 24.0 Å². The van der Waals surface area contributed by atoms with Crippen molar-refractivity contribution in [3.8, 4) is 0 Å². The van der Waals surface area contributed by atoms with Crippen molar-refractivity contribution in [2.75, 3.05) is 6.54 Å². The number of nitrogens with one attached hydrogen (secondary N) is 1. The van der Waals surface area contributed by atoms with Gasteiger partial charge in [-0.25, -0.2) is 9.78 Å². The third kappa shape index (κ3) is 5.36. The maximum absolute atomic E-state index is 11.8. The number of aromatic carboxylic acids is 1. The zero-order valence-corrected chi connectivity index (χ0v) is 11.9. The summed E-state index contributed by atoms with van der Waals surface area (Å²) in [5.41, 5.74) is -0.202. The van der Waals surface area contributed by atoms with Gasteiger partial charge >= 0.3 is 5.97 Å². The number of aliphatic hydroxyl groups is 1. The molecule has 0 saturated carbocycles. The van der Waals surface area contributed by atoms with Gasteiger partial charge in [0.25, 0.3) is 5.91 Å². The van der Waals surface area contributed by atoms with Crippen LogP contribution in [0.2, 0.25) is 0 Å². The molecular weight excluding hydrogens is 260 g/mol. The topological polar surface area (TPSA) is 99.5 Å². The Kier molecular flexibility index (Phi) is 5.21. The molecule has 20 heavy (non-hydrogen) atoms. The van der Waals surface area contributed by atoms with Gasteiger partial charge in [-0.3, -0.25) is 4.79 Å². The standard InChI is InChI=1S/C14H20N2O4/c1-14(2,3)7-9(17)8-15-12(18)10-5-4-6-11(16-10)13(19)20/h4-6,9,17H,7-8H2,1-3H3,(H,15,18)(H,19,20). The Morgan fingerprint density at radius 2 is 1.90 bits per heavy atom. The summed E-state index contributed by atoms with van der Waals surface area (Å²) in [6, 6.07) is 4.20. The Bertz CT molecular complexity index is 494. The number of rotatable bonds is 5. The van der Waals surface area contributed by atoms with E-state index < -0.39 is 18.0 Å². The Labute approximate surface area is 117 Å². The highest BCUT2D eigenvalue weighted by Gasteiger charge is 2.18. The molecule has 0 aliphatic heterocycles. The minimum absolute atomic E-state index is 0.0212. The van der Waals surface area contributed by atoms with E-state index in [4.69, 9.17) is 5.11 Å². The lowest BCUT2D eigenvalue weighted by molar-refractivity contribution is 0.0690. The van der Waals surface area contributed by atoms with E-state index in [1.165, 1.54) is 18.2 Å². The second kappa shape index (κ2) is 6.47. The highest BCUT2D eigenvalue weighted by Crippen LogP contribution is 2.20. The first-order valence-corrected chi connectivity index (χ1v) is 6.35. The summed E-state index contributed by atoms with van der Waals surface area (Å²) in [6.07, 6.45) is -0.0998. The number of nitrogens with zero attached hydrogens (tertiary/aromatic N) is 1. The van der Waals surface area contributed by atoms with Gasteiger partial charge in [0, 0.05) is 6.54 Å². The van der Waals surface area contributed by atoms with E-state index in [0.717, 1.165) is 0 Å². The number of aromatic nitrogens is 1. The molecule has 1 heterocycles. The SMILES string of the molecule is CC(C)(C)CC(O)CNC(=O)c1cccc(C(=O)O)n1. The van der Waals surface area contributed by atoms with E-state index in [1.807, 2.05) is 20.8 Å². The molecular formula is C14H20N2O4. The van der Waals surface area contributed by atoms with Crippen LogP contribution in [0.3, 0.4) is 0 Å². The zero-order chi connectivity index (χ0) is 15.3. The van der Waals surface area contributed by atoms with Crippen LogP contribution < -0.4 is 5.32 Å². The van der Waals surface area contributed by atoms with Gasteiger partial charge in [-0.2, -0.15) is 0 Å². The number of hydrogen-bond acceptors (Lipinski definition) is 4. The molecule has 0 fully saturated rings. The summed E-state index contributed by atoms with van der Waals surface area (Å²) in [7, 11) is 0. The molecule has 1 rings (SSSR count). The second-order valence-corrected chi connectivity index (χ2v) is 5.84. The summed E-state index contributed by atoms with van der Waals surface area (Å²) in [4.78, 5) is 26.3. The highest BCUT2D eigenvalue weighted by atomic mass is 16.4. The van der Waals surface area contributed by atoms with Crippen LogP contribution in [-0.2, 0) is 0 Å². The number of carbonyl (C=O) groups excluding carboxylic acids is 1. The molecule has 6 nitrogen and oxygen atoms in total. The summed E-state index contributed by atoms with van der Waals surface area (Å²) >= 11 is 0. The van der Waals surface area contributed by atoms with E-state index >= 15 is 0 Å². The molecule has 0 aliphatic rings. The third-order valence-corrected chi connectivity index (χ3v) is 2.55. The molecule has 0 spiro atoms. The van der Waals surface area contributed by atoms with Crippen LogP contribution >= 0.6 is 0 Å². The Hall–Kier alpha value is -1.95. The molecule has 110 valence electrons. The first kappa shape index (κ1) is 16.1. The number of aliphatic hydroxyl groups excluding tert-OH is 1. The zero-order valence-electron chi connectivity index (χ0n) is 11.9. The van der Waals surface area contributed by atoms with Gasteiger partial charge in [0.15, 0.2) is 0 Å². The molecule has 0 aromatic carbocycles. The third-order valence-electron chi connectivity index (χ3n) is 2.55. The van der Waals surface area contributed by atoms with Gasteiger partial charge in [-0.1, -0.05) is 26.8 Å². The Morgan fingerprint density at radius 3 is 2.45 bits per heavy atom. The Balaban J connectivity index is 2.59.